The van der Waals surface area contributed by atoms with Crippen LogP contribution in [0.1, 0.15) is 22.8 Å². The summed E-state index contributed by atoms with van der Waals surface area (Å²) in [5.41, 5.74) is 2.62. The van der Waals surface area contributed by atoms with Crippen molar-refractivity contribution in [3.05, 3.63) is 46.8 Å². The second-order valence-electron chi connectivity index (χ2n) is 3.52. The smallest absolute Gasteiger partial charge is 0.337 e. The van der Waals surface area contributed by atoms with Gasteiger partial charge in [-0.15, -0.1) is 11.3 Å². The quantitative estimate of drug-likeness (QED) is 0.876. The lowest BCUT2D eigenvalue weighted by Crippen LogP contribution is -1.95. The van der Waals surface area contributed by atoms with Gasteiger partial charge in [0, 0.05) is 4.88 Å². The lowest BCUT2D eigenvalue weighted by molar-refractivity contribution is 0.0698. The molecule has 82 valence electrons. The molecule has 0 amide bonds. The van der Waals surface area contributed by atoms with Gasteiger partial charge in [0.25, 0.3) is 0 Å². The summed E-state index contributed by atoms with van der Waals surface area (Å²) >= 11 is 1.46. The lowest BCUT2D eigenvalue weighted by Gasteiger charge is -2.02. The Balaban J connectivity index is 2.42. The van der Waals surface area contributed by atoms with Gasteiger partial charge >= 0.3 is 5.97 Å². The highest BCUT2D eigenvalue weighted by molar-refractivity contribution is 7.14. The molecule has 2 nitrogen and oxygen atoms in total. The summed E-state index contributed by atoms with van der Waals surface area (Å²) in [5.74, 6) is -0.865. The third-order valence-electron chi connectivity index (χ3n) is 2.52. The predicted molar refractivity (Wildman–Crippen MR) is 66.1 cm³/mol. The van der Waals surface area contributed by atoms with Gasteiger partial charge in [-0.1, -0.05) is 31.2 Å². The third kappa shape index (κ3) is 1.99. The largest absolute Gasteiger partial charge is 0.478 e. The van der Waals surface area contributed by atoms with E-state index in [-0.39, 0.29) is 0 Å². The molecule has 3 heteroatoms. The van der Waals surface area contributed by atoms with E-state index in [0.29, 0.717) is 5.56 Å². The number of carboxylic acid groups (broad SMARTS) is 1. The fourth-order valence-corrected chi connectivity index (χ4v) is 2.49. The zero-order chi connectivity index (χ0) is 11.5. The van der Waals surface area contributed by atoms with E-state index in [2.05, 4.69) is 6.92 Å². The molecule has 1 aromatic heterocycles. The number of thiophene rings is 1. The minimum absolute atomic E-state index is 0.384. The molecule has 1 heterocycles. The van der Waals surface area contributed by atoms with E-state index in [9.17, 15) is 4.79 Å². The predicted octanol–water partition coefficient (Wildman–Crippen LogP) is 3.68. The number of aromatic carboxylic acids is 1. The molecule has 0 radical (unpaired) electrons. The minimum atomic E-state index is -0.865. The SMILES string of the molecule is CCc1ccc(-c2sccc2C(=O)O)cc1. The van der Waals surface area contributed by atoms with Crippen molar-refractivity contribution in [3.8, 4) is 10.4 Å². The molecular formula is C13H12O2S. The van der Waals surface area contributed by atoms with Crippen molar-refractivity contribution >= 4 is 17.3 Å². The molecule has 0 spiro atoms. The second-order valence-corrected chi connectivity index (χ2v) is 4.44. The maximum atomic E-state index is 11.0. The van der Waals surface area contributed by atoms with Gasteiger partial charge in [0.15, 0.2) is 0 Å². The Kier molecular flexibility index (Phi) is 3.06. The highest BCUT2D eigenvalue weighted by Crippen LogP contribution is 2.29. The Bertz CT molecular complexity index is 497. The molecule has 0 aliphatic rings. The maximum absolute atomic E-state index is 11.0. The summed E-state index contributed by atoms with van der Waals surface area (Å²) < 4.78 is 0. The van der Waals surface area contributed by atoms with Crippen LogP contribution in [0.25, 0.3) is 10.4 Å². The zero-order valence-electron chi connectivity index (χ0n) is 8.93. The van der Waals surface area contributed by atoms with Gasteiger partial charge in [-0.25, -0.2) is 4.79 Å². The van der Waals surface area contributed by atoms with E-state index in [0.717, 1.165) is 16.9 Å². The second kappa shape index (κ2) is 4.49. The minimum Gasteiger partial charge on any atom is -0.478 e. The average molecular weight is 232 g/mol. The first-order valence-electron chi connectivity index (χ1n) is 5.12. The van der Waals surface area contributed by atoms with Gasteiger partial charge in [0.2, 0.25) is 0 Å². The molecule has 1 N–H and O–H groups in total. The Morgan fingerprint density at radius 2 is 1.94 bits per heavy atom. The van der Waals surface area contributed by atoms with E-state index in [1.165, 1.54) is 16.9 Å². The number of carboxylic acids is 1. The number of rotatable bonds is 3. The van der Waals surface area contributed by atoms with Gasteiger partial charge < -0.3 is 5.11 Å². The summed E-state index contributed by atoms with van der Waals surface area (Å²) in [6.45, 7) is 2.10. The first kappa shape index (κ1) is 10.9. The van der Waals surface area contributed by atoms with Crippen LogP contribution in [0, 0.1) is 0 Å². The van der Waals surface area contributed by atoms with Crippen molar-refractivity contribution in [1.29, 1.82) is 0 Å². The highest BCUT2D eigenvalue weighted by Gasteiger charge is 2.12. The number of carbonyl (C=O) groups is 1. The van der Waals surface area contributed by atoms with Crippen LogP contribution in [0.2, 0.25) is 0 Å². The molecular weight excluding hydrogens is 220 g/mol. The van der Waals surface area contributed by atoms with Crippen molar-refractivity contribution in [2.75, 3.05) is 0 Å². The zero-order valence-corrected chi connectivity index (χ0v) is 9.75. The fraction of sp³-hybridized carbons (Fsp3) is 0.154. The van der Waals surface area contributed by atoms with Crippen LogP contribution in [-0.4, -0.2) is 11.1 Å². The van der Waals surface area contributed by atoms with Gasteiger partial charge in [0.1, 0.15) is 0 Å². The van der Waals surface area contributed by atoms with Gasteiger partial charge in [-0.2, -0.15) is 0 Å². The standard InChI is InChI=1S/C13H12O2S/c1-2-9-3-5-10(6-4-9)12-11(13(14)15)7-8-16-12/h3-8H,2H2,1H3,(H,14,15). The third-order valence-corrected chi connectivity index (χ3v) is 3.48. The average Bonchev–Trinajstić information content (AvgIpc) is 2.78. The monoisotopic (exact) mass is 232 g/mol. The molecule has 0 atom stereocenters. The maximum Gasteiger partial charge on any atom is 0.337 e. The number of benzene rings is 1. The molecule has 0 bridgehead atoms. The van der Waals surface area contributed by atoms with Gasteiger partial charge in [-0.3, -0.25) is 0 Å². The lowest BCUT2D eigenvalue weighted by atomic mass is 10.1. The molecule has 0 fully saturated rings. The van der Waals surface area contributed by atoms with E-state index < -0.39 is 5.97 Å². The van der Waals surface area contributed by atoms with Crippen molar-refractivity contribution in [2.24, 2.45) is 0 Å². The molecule has 2 rings (SSSR count). The molecule has 0 unspecified atom stereocenters. The first-order chi connectivity index (χ1) is 7.72. The summed E-state index contributed by atoms with van der Waals surface area (Å²) in [6, 6.07) is 9.70. The molecule has 0 saturated carbocycles. The highest BCUT2D eigenvalue weighted by atomic mass is 32.1. The van der Waals surface area contributed by atoms with Crippen LogP contribution in [0.3, 0.4) is 0 Å². The van der Waals surface area contributed by atoms with Crippen LogP contribution in [0.4, 0.5) is 0 Å². The van der Waals surface area contributed by atoms with E-state index in [1.807, 2.05) is 29.6 Å². The van der Waals surface area contributed by atoms with Gasteiger partial charge in [0.05, 0.1) is 5.56 Å². The van der Waals surface area contributed by atoms with Gasteiger partial charge in [-0.05, 0) is 29.0 Å². The molecule has 0 saturated heterocycles. The Morgan fingerprint density at radius 1 is 1.25 bits per heavy atom. The van der Waals surface area contributed by atoms with Crippen LogP contribution < -0.4 is 0 Å². The summed E-state index contributed by atoms with van der Waals surface area (Å²) in [6.07, 6.45) is 0.997. The van der Waals surface area contributed by atoms with Crippen LogP contribution >= 0.6 is 11.3 Å². The van der Waals surface area contributed by atoms with Crippen LogP contribution in [-0.2, 0) is 6.42 Å². The topological polar surface area (TPSA) is 37.3 Å². The van der Waals surface area contributed by atoms with Crippen LogP contribution in [0.5, 0.6) is 0 Å². The molecule has 0 aliphatic carbocycles. The first-order valence-corrected chi connectivity index (χ1v) is 6.00. The summed E-state index contributed by atoms with van der Waals surface area (Å²) in [5, 5.41) is 10.8. The number of hydrogen-bond donors (Lipinski definition) is 1. The molecule has 1 aromatic carbocycles. The summed E-state index contributed by atoms with van der Waals surface area (Å²) in [4.78, 5) is 11.8. The molecule has 16 heavy (non-hydrogen) atoms. The Morgan fingerprint density at radius 3 is 2.50 bits per heavy atom. The van der Waals surface area contributed by atoms with Crippen molar-refractivity contribution in [2.45, 2.75) is 13.3 Å². The van der Waals surface area contributed by atoms with Crippen molar-refractivity contribution < 1.29 is 9.90 Å². The van der Waals surface area contributed by atoms with E-state index >= 15 is 0 Å². The van der Waals surface area contributed by atoms with Crippen molar-refractivity contribution in [1.82, 2.24) is 0 Å². The summed E-state index contributed by atoms with van der Waals surface area (Å²) in [7, 11) is 0. The number of hydrogen-bond acceptors (Lipinski definition) is 2. The molecule has 0 aliphatic heterocycles. The normalized spacial score (nSPS) is 10.3. The van der Waals surface area contributed by atoms with Crippen LogP contribution in [0.15, 0.2) is 35.7 Å². The van der Waals surface area contributed by atoms with E-state index in [1.54, 1.807) is 6.07 Å². The molecule has 2 aromatic rings. The number of aryl methyl sites for hydroxylation is 1. The van der Waals surface area contributed by atoms with E-state index in [4.69, 9.17) is 5.11 Å². The Hall–Kier alpha value is -1.61. The Labute approximate surface area is 98.2 Å². The fourth-order valence-electron chi connectivity index (χ4n) is 1.59. The van der Waals surface area contributed by atoms with Crippen molar-refractivity contribution in [3.63, 3.8) is 0 Å².